The van der Waals surface area contributed by atoms with Crippen molar-refractivity contribution in [3.63, 3.8) is 0 Å². The van der Waals surface area contributed by atoms with Crippen LogP contribution < -0.4 is 0 Å². The maximum Gasteiger partial charge on any atom is 0.339 e. The summed E-state index contributed by atoms with van der Waals surface area (Å²) in [5.74, 6) is -4.94. The van der Waals surface area contributed by atoms with Gasteiger partial charge in [-0.05, 0) is 20.3 Å². The van der Waals surface area contributed by atoms with E-state index in [0.717, 1.165) is 0 Å². The second-order valence-electron chi connectivity index (χ2n) is 8.12. The topological polar surface area (TPSA) is 121 Å². The first kappa shape index (κ1) is 18.8. The van der Waals surface area contributed by atoms with E-state index in [0.29, 0.717) is 6.42 Å². The zero-order chi connectivity index (χ0) is 19.8. The lowest BCUT2D eigenvalue weighted by atomic mass is 9.73. The van der Waals surface area contributed by atoms with E-state index >= 15 is 0 Å². The molecule has 3 fully saturated rings. The molecule has 2 N–H and O–H groups in total. The number of esters is 2. The molecule has 6 atom stereocenters. The second-order valence-corrected chi connectivity index (χ2v) is 8.12. The third kappa shape index (κ3) is 2.29. The van der Waals surface area contributed by atoms with Crippen LogP contribution in [0, 0.1) is 0 Å². The van der Waals surface area contributed by atoms with Crippen LogP contribution >= 0.6 is 0 Å². The van der Waals surface area contributed by atoms with Crippen molar-refractivity contribution in [3.8, 4) is 0 Å². The van der Waals surface area contributed by atoms with Crippen LogP contribution in [0.3, 0.4) is 0 Å². The molecule has 9 nitrogen and oxygen atoms in total. The molecule has 4 heterocycles. The molecule has 0 unspecified atom stereocenters. The molecule has 27 heavy (non-hydrogen) atoms. The lowest BCUT2D eigenvalue weighted by Gasteiger charge is -2.51. The van der Waals surface area contributed by atoms with E-state index in [1.165, 1.54) is 14.0 Å². The van der Waals surface area contributed by atoms with Crippen molar-refractivity contribution in [1.29, 1.82) is 0 Å². The molecular formula is C18H24O9. The summed E-state index contributed by atoms with van der Waals surface area (Å²) >= 11 is 0. The minimum Gasteiger partial charge on any atom is -0.458 e. The number of ether oxygens (including phenoxy) is 5. The third-order valence-corrected chi connectivity index (χ3v) is 6.19. The lowest BCUT2D eigenvalue weighted by molar-refractivity contribution is -0.349. The average molecular weight is 384 g/mol. The molecule has 0 aromatic carbocycles. The minimum absolute atomic E-state index is 0.0345. The Hall–Kier alpha value is -1.52. The van der Waals surface area contributed by atoms with Gasteiger partial charge in [0.05, 0.1) is 17.8 Å². The fourth-order valence-corrected chi connectivity index (χ4v) is 4.85. The Bertz CT molecular complexity index is 747. The number of aliphatic hydroxyl groups is 2. The monoisotopic (exact) mass is 384 g/mol. The third-order valence-electron chi connectivity index (χ3n) is 6.19. The van der Waals surface area contributed by atoms with Crippen molar-refractivity contribution in [2.75, 3.05) is 13.7 Å². The molecule has 0 amide bonds. The van der Waals surface area contributed by atoms with Crippen LogP contribution in [-0.2, 0) is 33.3 Å². The predicted octanol–water partition coefficient (Wildman–Crippen LogP) is -0.0746. The standard InChI is InChI=1S/C18H24O9/c1-9(19)24-11-7-16(3)17(22)6-5-15(2,26-17)14(21)18(27-16)12(11)10(8-23-4)13(20)25-18/h11,14,21-22H,5-8H2,1-4H3/t11-,14+,15-,16+,17+,18-/m0/s1. The largest absolute Gasteiger partial charge is 0.458 e. The summed E-state index contributed by atoms with van der Waals surface area (Å²) in [6, 6.07) is 0. The molecule has 0 aromatic heterocycles. The smallest absolute Gasteiger partial charge is 0.339 e. The van der Waals surface area contributed by atoms with E-state index in [9.17, 15) is 19.8 Å². The molecule has 150 valence electrons. The Morgan fingerprint density at radius 1 is 1.30 bits per heavy atom. The second kappa shape index (κ2) is 5.51. The zero-order valence-corrected chi connectivity index (χ0v) is 15.7. The van der Waals surface area contributed by atoms with Crippen LogP contribution in [0.5, 0.6) is 0 Å². The van der Waals surface area contributed by atoms with E-state index in [-0.39, 0.29) is 30.6 Å². The molecule has 4 bridgehead atoms. The van der Waals surface area contributed by atoms with Gasteiger partial charge in [-0.2, -0.15) is 0 Å². The van der Waals surface area contributed by atoms with Gasteiger partial charge < -0.3 is 33.9 Å². The van der Waals surface area contributed by atoms with Gasteiger partial charge in [-0.1, -0.05) is 0 Å². The van der Waals surface area contributed by atoms with Gasteiger partial charge in [0, 0.05) is 26.9 Å². The summed E-state index contributed by atoms with van der Waals surface area (Å²) in [4.78, 5) is 24.4. The minimum atomic E-state index is -1.92. The highest BCUT2D eigenvalue weighted by Crippen LogP contribution is 2.61. The number of methoxy groups -OCH3 is 1. The first-order chi connectivity index (χ1) is 12.5. The van der Waals surface area contributed by atoms with E-state index in [1.54, 1.807) is 13.8 Å². The van der Waals surface area contributed by atoms with Crippen LogP contribution in [0.2, 0.25) is 0 Å². The Kier molecular flexibility index (Phi) is 3.84. The van der Waals surface area contributed by atoms with Gasteiger partial charge in [-0.15, -0.1) is 0 Å². The van der Waals surface area contributed by atoms with Gasteiger partial charge in [-0.3, -0.25) is 4.79 Å². The summed E-state index contributed by atoms with van der Waals surface area (Å²) in [6.45, 7) is 4.39. The van der Waals surface area contributed by atoms with Gasteiger partial charge in [0.2, 0.25) is 0 Å². The van der Waals surface area contributed by atoms with Gasteiger partial charge in [0.25, 0.3) is 5.79 Å². The SMILES string of the molecule is COCC1=C2[C@@H](OC(C)=O)C[C@@]3(C)O[C@]2(OC1=O)[C@H](O)[C@]1(C)CC[C@@]3(O)O1. The van der Waals surface area contributed by atoms with Gasteiger partial charge in [0.1, 0.15) is 17.3 Å². The highest BCUT2D eigenvalue weighted by Gasteiger charge is 2.76. The highest BCUT2D eigenvalue weighted by molar-refractivity contribution is 5.94. The summed E-state index contributed by atoms with van der Waals surface area (Å²) in [7, 11) is 1.42. The molecule has 4 aliphatic heterocycles. The van der Waals surface area contributed by atoms with Gasteiger partial charge in [-0.25, -0.2) is 4.79 Å². The molecule has 4 rings (SSSR count). The first-order valence-electron chi connectivity index (χ1n) is 8.94. The predicted molar refractivity (Wildman–Crippen MR) is 87.1 cm³/mol. The average Bonchev–Trinajstić information content (AvgIpc) is 3.02. The lowest BCUT2D eigenvalue weighted by Crippen LogP contribution is -2.66. The van der Waals surface area contributed by atoms with E-state index in [4.69, 9.17) is 23.7 Å². The van der Waals surface area contributed by atoms with Crippen molar-refractivity contribution < 1.29 is 43.5 Å². The number of fused-ring (bicyclic) bond motifs is 4. The molecule has 0 aromatic rings. The Morgan fingerprint density at radius 2 is 2.00 bits per heavy atom. The van der Waals surface area contributed by atoms with Crippen molar-refractivity contribution in [2.45, 2.75) is 75.0 Å². The van der Waals surface area contributed by atoms with Crippen LogP contribution in [0.15, 0.2) is 11.1 Å². The van der Waals surface area contributed by atoms with Crippen LogP contribution in [0.25, 0.3) is 0 Å². The normalized spacial score (nSPS) is 48.1. The summed E-state index contributed by atoms with van der Waals surface area (Å²) in [5.41, 5.74) is -2.24. The quantitative estimate of drug-likeness (QED) is 0.644. The number of hydrogen-bond acceptors (Lipinski definition) is 9. The van der Waals surface area contributed by atoms with E-state index < -0.39 is 46.9 Å². The fraction of sp³-hybridized carbons (Fsp3) is 0.778. The molecule has 9 heteroatoms. The molecular weight excluding hydrogens is 360 g/mol. The van der Waals surface area contributed by atoms with Crippen LogP contribution in [-0.4, -0.2) is 70.9 Å². The molecule has 1 spiro atoms. The number of aliphatic hydroxyl groups excluding tert-OH is 1. The maximum absolute atomic E-state index is 12.6. The summed E-state index contributed by atoms with van der Waals surface area (Å²) < 4.78 is 28.2. The summed E-state index contributed by atoms with van der Waals surface area (Å²) in [6.07, 6.45) is -1.78. The van der Waals surface area contributed by atoms with Crippen molar-refractivity contribution in [1.82, 2.24) is 0 Å². The Morgan fingerprint density at radius 3 is 2.63 bits per heavy atom. The first-order valence-corrected chi connectivity index (χ1v) is 8.94. The van der Waals surface area contributed by atoms with Crippen LogP contribution in [0.4, 0.5) is 0 Å². The Balaban J connectivity index is 1.95. The van der Waals surface area contributed by atoms with Gasteiger partial charge >= 0.3 is 11.9 Å². The molecule has 0 radical (unpaired) electrons. The van der Waals surface area contributed by atoms with E-state index in [2.05, 4.69) is 0 Å². The number of carbonyl (C=O) groups excluding carboxylic acids is 2. The van der Waals surface area contributed by atoms with Crippen molar-refractivity contribution in [2.24, 2.45) is 0 Å². The number of hydrogen-bond donors (Lipinski definition) is 2. The molecule has 0 saturated carbocycles. The maximum atomic E-state index is 12.6. The fourth-order valence-electron chi connectivity index (χ4n) is 4.85. The zero-order valence-electron chi connectivity index (χ0n) is 15.7. The molecule has 0 aliphatic carbocycles. The highest BCUT2D eigenvalue weighted by atomic mass is 16.8. The van der Waals surface area contributed by atoms with Crippen LogP contribution in [0.1, 0.15) is 40.0 Å². The molecule has 3 saturated heterocycles. The Labute approximate surface area is 156 Å². The van der Waals surface area contributed by atoms with Crippen molar-refractivity contribution in [3.05, 3.63) is 11.1 Å². The summed E-state index contributed by atoms with van der Waals surface area (Å²) in [5, 5.41) is 22.4. The number of rotatable bonds is 3. The van der Waals surface area contributed by atoms with E-state index in [1.807, 2.05) is 0 Å². The number of carbonyl (C=O) groups is 2. The van der Waals surface area contributed by atoms with Gasteiger partial charge in [0.15, 0.2) is 11.9 Å². The molecule has 4 aliphatic rings. The van der Waals surface area contributed by atoms with Crippen molar-refractivity contribution >= 4 is 11.9 Å².